The van der Waals surface area contributed by atoms with Crippen molar-refractivity contribution in [2.45, 2.75) is 84.0 Å². The molecule has 6 atom stereocenters. The predicted molar refractivity (Wildman–Crippen MR) is 115 cm³/mol. The Morgan fingerprint density at radius 1 is 1.23 bits per heavy atom. The summed E-state index contributed by atoms with van der Waals surface area (Å²) in [6, 6.07) is -0.0154. The van der Waals surface area contributed by atoms with Crippen LogP contribution in [0, 0.1) is 23.7 Å². The van der Waals surface area contributed by atoms with Crippen molar-refractivity contribution in [3.05, 3.63) is 35.8 Å². The highest BCUT2D eigenvalue weighted by Crippen LogP contribution is 2.44. The SMILES string of the molecule is C[C@@H]1C(C(=O)C2=CCCCC2n2nccn2)CCCC1[C@@H](C)CC1=CNC(F)CC1. The van der Waals surface area contributed by atoms with Crippen LogP contribution in [-0.2, 0) is 4.79 Å². The zero-order chi connectivity index (χ0) is 21.1. The van der Waals surface area contributed by atoms with Crippen molar-refractivity contribution in [2.24, 2.45) is 23.7 Å². The molecule has 1 aromatic rings. The third-order valence-electron chi connectivity index (χ3n) is 7.61. The fourth-order valence-electron chi connectivity index (χ4n) is 5.94. The highest BCUT2D eigenvalue weighted by atomic mass is 19.1. The van der Waals surface area contributed by atoms with Crippen molar-refractivity contribution >= 4 is 5.78 Å². The lowest BCUT2D eigenvalue weighted by molar-refractivity contribution is -0.123. The molecule has 0 radical (unpaired) electrons. The Bertz CT molecular complexity index is 787. The molecular weight excluding hydrogens is 379 g/mol. The van der Waals surface area contributed by atoms with Crippen LogP contribution in [0.3, 0.4) is 0 Å². The molecule has 2 aliphatic carbocycles. The van der Waals surface area contributed by atoms with E-state index >= 15 is 0 Å². The molecule has 4 unspecified atom stereocenters. The lowest BCUT2D eigenvalue weighted by Crippen LogP contribution is -2.37. The molecule has 1 aromatic heterocycles. The van der Waals surface area contributed by atoms with E-state index in [0.29, 0.717) is 30.0 Å². The smallest absolute Gasteiger partial charge is 0.169 e. The van der Waals surface area contributed by atoms with Gasteiger partial charge in [-0.2, -0.15) is 15.0 Å². The van der Waals surface area contributed by atoms with E-state index in [-0.39, 0.29) is 12.0 Å². The molecule has 1 fully saturated rings. The van der Waals surface area contributed by atoms with Gasteiger partial charge in [-0.1, -0.05) is 31.9 Å². The molecule has 3 aliphatic rings. The molecule has 0 amide bonds. The molecule has 0 saturated heterocycles. The molecular formula is C24H35FN4O. The van der Waals surface area contributed by atoms with E-state index < -0.39 is 6.30 Å². The van der Waals surface area contributed by atoms with E-state index in [2.05, 4.69) is 35.4 Å². The molecule has 5 nitrogen and oxygen atoms in total. The average molecular weight is 415 g/mol. The first-order valence-corrected chi connectivity index (χ1v) is 11.7. The van der Waals surface area contributed by atoms with Crippen LogP contribution in [0.1, 0.15) is 77.7 Å². The number of nitrogens with zero attached hydrogens (tertiary/aromatic N) is 3. The first kappa shape index (κ1) is 21.3. The second-order valence-electron chi connectivity index (χ2n) is 9.54. The number of carbonyl (C=O) groups excluding carboxylic acids is 1. The van der Waals surface area contributed by atoms with Gasteiger partial charge in [-0.05, 0) is 68.9 Å². The Morgan fingerprint density at radius 3 is 2.77 bits per heavy atom. The van der Waals surface area contributed by atoms with Gasteiger partial charge in [-0.3, -0.25) is 4.79 Å². The van der Waals surface area contributed by atoms with E-state index in [1.807, 2.05) is 6.20 Å². The van der Waals surface area contributed by atoms with E-state index in [4.69, 9.17) is 0 Å². The Hall–Kier alpha value is -1.98. The first-order chi connectivity index (χ1) is 14.5. The number of nitrogens with one attached hydrogen (secondary N) is 1. The van der Waals surface area contributed by atoms with Gasteiger partial charge in [-0.25, -0.2) is 4.39 Å². The van der Waals surface area contributed by atoms with Crippen LogP contribution in [-0.4, -0.2) is 27.1 Å². The minimum absolute atomic E-state index is 0.0154. The molecule has 30 heavy (non-hydrogen) atoms. The summed E-state index contributed by atoms with van der Waals surface area (Å²) in [7, 11) is 0. The maximum absolute atomic E-state index is 13.7. The van der Waals surface area contributed by atoms with Gasteiger partial charge < -0.3 is 5.32 Å². The number of rotatable bonds is 6. The van der Waals surface area contributed by atoms with Crippen LogP contribution in [0.5, 0.6) is 0 Å². The molecule has 4 rings (SSSR count). The van der Waals surface area contributed by atoms with Gasteiger partial charge in [0.1, 0.15) is 0 Å². The molecule has 0 spiro atoms. The number of alkyl halides is 1. The molecule has 0 aromatic carbocycles. The Labute approximate surface area is 179 Å². The molecule has 6 heteroatoms. The zero-order valence-electron chi connectivity index (χ0n) is 18.3. The average Bonchev–Trinajstić information content (AvgIpc) is 3.30. The highest BCUT2D eigenvalue weighted by Gasteiger charge is 2.40. The molecule has 0 bridgehead atoms. The summed E-state index contributed by atoms with van der Waals surface area (Å²) >= 11 is 0. The lowest BCUT2D eigenvalue weighted by Gasteiger charge is -2.40. The zero-order valence-corrected chi connectivity index (χ0v) is 18.3. The summed E-state index contributed by atoms with van der Waals surface area (Å²) in [5.41, 5.74) is 2.24. The van der Waals surface area contributed by atoms with E-state index in [0.717, 1.165) is 50.5 Å². The number of hydrogen-bond acceptors (Lipinski definition) is 4. The van der Waals surface area contributed by atoms with Crippen LogP contribution >= 0.6 is 0 Å². The quantitative estimate of drug-likeness (QED) is 0.655. The van der Waals surface area contributed by atoms with Crippen molar-refractivity contribution < 1.29 is 9.18 Å². The number of aromatic nitrogens is 3. The number of halogens is 1. The van der Waals surface area contributed by atoms with Crippen LogP contribution in [0.4, 0.5) is 4.39 Å². The highest BCUT2D eigenvalue weighted by molar-refractivity contribution is 5.98. The fourth-order valence-corrected chi connectivity index (χ4v) is 5.94. The minimum atomic E-state index is -0.902. The van der Waals surface area contributed by atoms with Gasteiger partial charge in [0.05, 0.1) is 18.4 Å². The van der Waals surface area contributed by atoms with Gasteiger partial charge in [0, 0.05) is 17.9 Å². The van der Waals surface area contributed by atoms with Gasteiger partial charge in [0.25, 0.3) is 0 Å². The molecule has 164 valence electrons. The topological polar surface area (TPSA) is 59.8 Å². The third kappa shape index (κ3) is 4.52. The number of Topliss-reactive ketones (excluding diaryl/α,β-unsaturated/α-hetero) is 1. The van der Waals surface area contributed by atoms with Gasteiger partial charge in [0.15, 0.2) is 12.1 Å². The normalized spacial score (nSPS) is 33.2. The maximum Gasteiger partial charge on any atom is 0.169 e. The Kier molecular flexibility index (Phi) is 6.69. The van der Waals surface area contributed by atoms with Crippen molar-refractivity contribution in [2.75, 3.05) is 0 Å². The second-order valence-corrected chi connectivity index (χ2v) is 9.54. The monoisotopic (exact) mass is 414 g/mol. The van der Waals surface area contributed by atoms with Crippen LogP contribution in [0.25, 0.3) is 0 Å². The Balaban J connectivity index is 1.45. The predicted octanol–water partition coefficient (Wildman–Crippen LogP) is 5.14. The lowest BCUT2D eigenvalue weighted by atomic mass is 9.64. The van der Waals surface area contributed by atoms with E-state index in [1.165, 1.54) is 12.0 Å². The van der Waals surface area contributed by atoms with E-state index in [1.54, 1.807) is 17.2 Å². The largest absolute Gasteiger partial charge is 0.362 e. The van der Waals surface area contributed by atoms with E-state index in [9.17, 15) is 9.18 Å². The van der Waals surface area contributed by atoms with Crippen molar-refractivity contribution in [1.29, 1.82) is 0 Å². The van der Waals surface area contributed by atoms with Crippen molar-refractivity contribution in [3.8, 4) is 0 Å². The summed E-state index contributed by atoms with van der Waals surface area (Å²) in [4.78, 5) is 15.4. The number of carbonyl (C=O) groups is 1. The molecule has 1 aliphatic heterocycles. The summed E-state index contributed by atoms with van der Waals surface area (Å²) in [6.45, 7) is 4.59. The summed E-state index contributed by atoms with van der Waals surface area (Å²) in [5.74, 6) is 1.80. The number of ketones is 1. The van der Waals surface area contributed by atoms with Crippen molar-refractivity contribution in [1.82, 2.24) is 20.3 Å². The maximum atomic E-state index is 13.7. The first-order valence-electron chi connectivity index (χ1n) is 11.7. The number of hydrogen-bond donors (Lipinski definition) is 1. The van der Waals surface area contributed by atoms with Crippen LogP contribution in [0.15, 0.2) is 35.8 Å². The van der Waals surface area contributed by atoms with Crippen molar-refractivity contribution in [3.63, 3.8) is 0 Å². The molecule has 1 saturated carbocycles. The van der Waals surface area contributed by atoms with Crippen LogP contribution in [0.2, 0.25) is 0 Å². The van der Waals surface area contributed by atoms with Gasteiger partial charge in [0.2, 0.25) is 0 Å². The summed E-state index contributed by atoms with van der Waals surface area (Å²) in [5, 5.41) is 11.5. The summed E-state index contributed by atoms with van der Waals surface area (Å²) < 4.78 is 13.4. The number of allylic oxidation sites excluding steroid dienone is 3. The molecule has 1 N–H and O–H groups in total. The fraction of sp³-hybridized carbons (Fsp3) is 0.708. The van der Waals surface area contributed by atoms with Gasteiger partial charge in [-0.15, -0.1) is 0 Å². The molecule has 2 heterocycles. The van der Waals surface area contributed by atoms with Crippen LogP contribution < -0.4 is 5.32 Å². The third-order valence-corrected chi connectivity index (χ3v) is 7.61. The minimum Gasteiger partial charge on any atom is -0.362 e. The second kappa shape index (κ2) is 9.44. The Morgan fingerprint density at radius 2 is 2.03 bits per heavy atom. The standard InChI is InChI=1S/C24H35FN4O/c1-16(14-18-10-11-23(25)26-15-18)19-7-5-8-20(17(19)2)24(30)21-6-3-4-9-22(21)29-27-12-13-28-29/h6,12-13,15-17,19-20,22-23,26H,3-5,7-11,14H2,1-2H3/t16-,17-,19?,20?,22?,23?/m0/s1. The summed E-state index contributed by atoms with van der Waals surface area (Å²) in [6.07, 6.45) is 15.2. The van der Waals surface area contributed by atoms with Gasteiger partial charge >= 0.3 is 0 Å².